The van der Waals surface area contributed by atoms with E-state index in [0.717, 1.165) is 0 Å². The number of halogens is 1. The van der Waals surface area contributed by atoms with Gasteiger partial charge >= 0.3 is 0 Å². The first-order valence-electron chi connectivity index (χ1n) is 6.20. The van der Waals surface area contributed by atoms with E-state index >= 15 is 0 Å². The van der Waals surface area contributed by atoms with Crippen molar-refractivity contribution >= 4 is 34.8 Å². The summed E-state index contributed by atoms with van der Waals surface area (Å²) in [6.07, 6.45) is 0. The van der Waals surface area contributed by atoms with Crippen LogP contribution in [0.1, 0.15) is 20.7 Å². The molecule has 0 aliphatic carbocycles. The molecule has 0 saturated carbocycles. The van der Waals surface area contributed by atoms with Crippen molar-refractivity contribution in [3.63, 3.8) is 0 Å². The largest absolute Gasteiger partial charge is 0.399 e. The number of nitrogen functional groups attached to an aromatic ring is 1. The van der Waals surface area contributed by atoms with E-state index in [1.54, 1.807) is 36.4 Å². The van der Waals surface area contributed by atoms with Crippen LogP contribution in [-0.4, -0.2) is 18.9 Å². The Balaban J connectivity index is 2.21. The van der Waals surface area contributed by atoms with E-state index in [1.165, 1.54) is 13.1 Å². The molecule has 0 aliphatic heterocycles. The van der Waals surface area contributed by atoms with Crippen LogP contribution in [0.25, 0.3) is 0 Å². The molecule has 0 unspecified atom stereocenters. The first kappa shape index (κ1) is 14.9. The van der Waals surface area contributed by atoms with E-state index in [4.69, 9.17) is 17.3 Å². The number of hydrogen-bond donors (Lipinski definition) is 3. The zero-order chi connectivity index (χ0) is 15.4. The molecule has 4 N–H and O–H groups in total. The van der Waals surface area contributed by atoms with Crippen molar-refractivity contribution in [3.05, 3.63) is 58.6 Å². The molecule has 0 aromatic heterocycles. The van der Waals surface area contributed by atoms with Gasteiger partial charge in [0.25, 0.3) is 11.8 Å². The molecule has 2 amide bonds. The maximum atomic E-state index is 12.1. The summed E-state index contributed by atoms with van der Waals surface area (Å²) in [6.45, 7) is 0. The summed E-state index contributed by atoms with van der Waals surface area (Å²) in [5.41, 5.74) is 7.42. The van der Waals surface area contributed by atoms with E-state index in [2.05, 4.69) is 10.6 Å². The monoisotopic (exact) mass is 303 g/mol. The Labute approximate surface area is 127 Å². The third-order valence-electron chi connectivity index (χ3n) is 2.87. The van der Waals surface area contributed by atoms with Gasteiger partial charge in [-0.05, 0) is 42.5 Å². The smallest absolute Gasteiger partial charge is 0.255 e. The predicted octanol–water partition coefficient (Wildman–Crippen LogP) is 2.53. The van der Waals surface area contributed by atoms with Crippen LogP contribution in [0, 0.1) is 0 Å². The number of benzene rings is 2. The Morgan fingerprint density at radius 2 is 1.71 bits per heavy atom. The van der Waals surface area contributed by atoms with Crippen molar-refractivity contribution in [2.24, 2.45) is 0 Å². The lowest BCUT2D eigenvalue weighted by Crippen LogP contribution is -2.19. The van der Waals surface area contributed by atoms with Gasteiger partial charge in [0.1, 0.15) is 0 Å². The van der Waals surface area contributed by atoms with E-state index in [1.807, 2.05) is 0 Å². The topological polar surface area (TPSA) is 84.2 Å². The number of nitrogens with one attached hydrogen (secondary N) is 2. The summed E-state index contributed by atoms with van der Waals surface area (Å²) in [5, 5.41) is 5.52. The third kappa shape index (κ3) is 3.52. The first-order chi connectivity index (χ1) is 10.0. The summed E-state index contributed by atoms with van der Waals surface area (Å²) >= 11 is 5.95. The van der Waals surface area contributed by atoms with Gasteiger partial charge in [-0.2, -0.15) is 0 Å². The molecule has 6 heteroatoms. The number of carbonyl (C=O) groups is 2. The molecule has 0 heterocycles. The quantitative estimate of drug-likeness (QED) is 0.762. The Hall–Kier alpha value is -2.53. The van der Waals surface area contributed by atoms with Crippen LogP contribution in [0.15, 0.2) is 42.5 Å². The molecule has 0 radical (unpaired) electrons. The lowest BCUT2D eigenvalue weighted by Gasteiger charge is -2.08. The molecule has 0 atom stereocenters. The summed E-state index contributed by atoms with van der Waals surface area (Å²) in [5.74, 6) is -0.608. The second kappa shape index (κ2) is 6.28. The minimum atomic E-state index is -0.316. The minimum absolute atomic E-state index is 0.292. The van der Waals surface area contributed by atoms with Crippen LogP contribution in [0.2, 0.25) is 5.02 Å². The maximum absolute atomic E-state index is 12.1. The van der Waals surface area contributed by atoms with E-state index in [9.17, 15) is 9.59 Å². The van der Waals surface area contributed by atoms with Crippen molar-refractivity contribution in [2.75, 3.05) is 18.1 Å². The molecule has 0 spiro atoms. The van der Waals surface area contributed by atoms with Crippen LogP contribution >= 0.6 is 11.6 Å². The van der Waals surface area contributed by atoms with Crippen molar-refractivity contribution in [2.45, 2.75) is 0 Å². The highest BCUT2D eigenvalue weighted by Crippen LogP contribution is 2.21. The number of hydrogen-bond acceptors (Lipinski definition) is 3. The van der Waals surface area contributed by atoms with Crippen molar-refractivity contribution in [1.29, 1.82) is 0 Å². The predicted molar refractivity (Wildman–Crippen MR) is 83.6 cm³/mol. The van der Waals surface area contributed by atoms with Gasteiger partial charge in [-0.1, -0.05) is 11.6 Å². The summed E-state index contributed by atoms with van der Waals surface area (Å²) in [6, 6.07) is 11.3. The molecular formula is C15H14ClN3O2. The molecule has 0 bridgehead atoms. The molecule has 2 aromatic carbocycles. The van der Waals surface area contributed by atoms with Gasteiger partial charge in [-0.3, -0.25) is 9.59 Å². The van der Waals surface area contributed by atoms with Gasteiger partial charge in [0, 0.05) is 24.0 Å². The van der Waals surface area contributed by atoms with Crippen LogP contribution in [0.3, 0.4) is 0 Å². The average molecular weight is 304 g/mol. The summed E-state index contributed by atoms with van der Waals surface area (Å²) in [4.78, 5) is 23.7. The highest BCUT2D eigenvalue weighted by Gasteiger charge is 2.11. The Morgan fingerprint density at radius 1 is 1.05 bits per heavy atom. The molecular weight excluding hydrogens is 290 g/mol. The van der Waals surface area contributed by atoms with Crippen molar-refractivity contribution < 1.29 is 9.59 Å². The fourth-order valence-corrected chi connectivity index (χ4v) is 1.95. The number of anilines is 2. The first-order valence-corrected chi connectivity index (χ1v) is 6.57. The van der Waals surface area contributed by atoms with Gasteiger partial charge < -0.3 is 16.4 Å². The maximum Gasteiger partial charge on any atom is 0.255 e. The fourth-order valence-electron chi connectivity index (χ4n) is 1.75. The molecule has 2 rings (SSSR count). The molecule has 2 aromatic rings. The highest BCUT2D eigenvalue weighted by atomic mass is 35.5. The molecule has 0 fully saturated rings. The van der Waals surface area contributed by atoms with E-state index in [0.29, 0.717) is 27.5 Å². The van der Waals surface area contributed by atoms with Gasteiger partial charge in [-0.25, -0.2) is 0 Å². The average Bonchev–Trinajstić information content (AvgIpc) is 2.49. The number of carbonyl (C=O) groups excluding carboxylic acids is 2. The SMILES string of the molecule is CNC(=O)c1cc(NC(=O)c2ccc(N)cc2)ccc1Cl. The van der Waals surface area contributed by atoms with Crippen LogP contribution < -0.4 is 16.4 Å². The molecule has 21 heavy (non-hydrogen) atoms. The second-order valence-electron chi connectivity index (χ2n) is 4.35. The second-order valence-corrected chi connectivity index (χ2v) is 4.76. The van der Waals surface area contributed by atoms with Crippen molar-refractivity contribution in [1.82, 2.24) is 5.32 Å². The standard InChI is InChI=1S/C15H14ClN3O2/c1-18-15(21)12-8-11(6-7-13(12)16)19-14(20)9-2-4-10(17)5-3-9/h2-8H,17H2,1H3,(H,18,21)(H,19,20). The third-order valence-corrected chi connectivity index (χ3v) is 3.20. The zero-order valence-electron chi connectivity index (χ0n) is 11.3. The van der Waals surface area contributed by atoms with Gasteiger partial charge in [0.2, 0.25) is 0 Å². The lowest BCUT2D eigenvalue weighted by atomic mass is 10.1. The number of nitrogens with two attached hydrogens (primary N) is 1. The van der Waals surface area contributed by atoms with Crippen molar-refractivity contribution in [3.8, 4) is 0 Å². The van der Waals surface area contributed by atoms with Crippen LogP contribution in [0.5, 0.6) is 0 Å². The Kier molecular flexibility index (Phi) is 4.45. The lowest BCUT2D eigenvalue weighted by molar-refractivity contribution is 0.0961. The zero-order valence-corrected chi connectivity index (χ0v) is 12.1. The normalized spacial score (nSPS) is 10.0. The fraction of sp³-hybridized carbons (Fsp3) is 0.0667. The van der Waals surface area contributed by atoms with E-state index in [-0.39, 0.29) is 11.8 Å². The van der Waals surface area contributed by atoms with Gasteiger partial charge in [0.15, 0.2) is 0 Å². The highest BCUT2D eigenvalue weighted by molar-refractivity contribution is 6.34. The van der Waals surface area contributed by atoms with Crippen LogP contribution in [0.4, 0.5) is 11.4 Å². The Morgan fingerprint density at radius 3 is 2.33 bits per heavy atom. The van der Waals surface area contributed by atoms with E-state index < -0.39 is 0 Å². The molecule has 5 nitrogen and oxygen atoms in total. The van der Waals surface area contributed by atoms with Crippen LogP contribution in [-0.2, 0) is 0 Å². The van der Waals surface area contributed by atoms with Gasteiger partial charge in [-0.15, -0.1) is 0 Å². The summed E-state index contributed by atoms with van der Waals surface area (Å²) < 4.78 is 0. The number of amides is 2. The summed E-state index contributed by atoms with van der Waals surface area (Å²) in [7, 11) is 1.51. The Bertz CT molecular complexity index is 684. The van der Waals surface area contributed by atoms with Gasteiger partial charge in [0.05, 0.1) is 10.6 Å². The minimum Gasteiger partial charge on any atom is -0.399 e. The molecule has 108 valence electrons. The molecule has 0 saturated heterocycles. The number of rotatable bonds is 3. The molecule has 0 aliphatic rings.